The molecule has 4 N–H and O–H groups in total. The Bertz CT molecular complexity index is 1120. The van der Waals surface area contributed by atoms with Gasteiger partial charge < -0.3 is 20.1 Å². The van der Waals surface area contributed by atoms with Crippen molar-refractivity contribution in [2.24, 2.45) is 10.6 Å². The van der Waals surface area contributed by atoms with Crippen LogP contribution < -0.4 is 15.2 Å². The number of amides is 1. The molecule has 0 spiro atoms. The number of primary sulfonamides is 1. The molecule has 1 fully saturated rings. The molecular formula is C26H37N3O5S. The molecule has 1 aliphatic rings. The highest BCUT2D eigenvalue weighted by Crippen LogP contribution is 2.30. The fraction of sp³-hybridized carbons (Fsp3) is 0.500. The highest BCUT2D eigenvalue weighted by molar-refractivity contribution is 7.89. The summed E-state index contributed by atoms with van der Waals surface area (Å²) in [4.78, 5) is 13.5. The predicted molar refractivity (Wildman–Crippen MR) is 137 cm³/mol. The Morgan fingerprint density at radius 1 is 1.09 bits per heavy atom. The van der Waals surface area contributed by atoms with Crippen LogP contribution in [0.2, 0.25) is 0 Å². The van der Waals surface area contributed by atoms with Crippen molar-refractivity contribution in [3.63, 3.8) is 0 Å². The Labute approximate surface area is 208 Å². The molecule has 9 heteroatoms. The smallest absolute Gasteiger partial charge is 0.407 e. The summed E-state index contributed by atoms with van der Waals surface area (Å²) in [5, 5.41) is 18.5. The standard InChI is InChI=1S/C26H37N3O5S/c1-26(2,3)17-29(25(30)31)22-10-8-21(9-11-22)28-16-20-15-19(7-14-24(20)34-4)18-5-12-23(13-6-18)35(27,32)33/h5-7,12-15,21-22,28H,8-11,16-17H2,1-4H3,(H,30,31)(H2,27,32,33). The van der Waals surface area contributed by atoms with Gasteiger partial charge in [0.2, 0.25) is 10.0 Å². The number of nitrogens with zero attached hydrogens (tertiary/aromatic N) is 1. The summed E-state index contributed by atoms with van der Waals surface area (Å²) in [6, 6.07) is 12.7. The van der Waals surface area contributed by atoms with Crippen molar-refractivity contribution in [3.8, 4) is 16.9 Å². The van der Waals surface area contributed by atoms with Crippen molar-refractivity contribution >= 4 is 16.1 Å². The zero-order chi connectivity index (χ0) is 25.8. The first-order valence-corrected chi connectivity index (χ1v) is 13.4. The Morgan fingerprint density at radius 3 is 2.20 bits per heavy atom. The summed E-state index contributed by atoms with van der Waals surface area (Å²) < 4.78 is 28.6. The topological polar surface area (TPSA) is 122 Å². The van der Waals surface area contributed by atoms with Crippen LogP contribution in [-0.2, 0) is 16.6 Å². The van der Waals surface area contributed by atoms with Gasteiger partial charge in [0.25, 0.3) is 0 Å². The van der Waals surface area contributed by atoms with Gasteiger partial charge in [-0.25, -0.2) is 18.4 Å². The molecule has 2 aromatic carbocycles. The van der Waals surface area contributed by atoms with Gasteiger partial charge in [0.15, 0.2) is 0 Å². The molecule has 1 aliphatic carbocycles. The molecule has 1 amide bonds. The molecule has 0 unspecified atom stereocenters. The lowest BCUT2D eigenvalue weighted by Gasteiger charge is -2.38. The number of sulfonamides is 1. The number of carboxylic acid groups (broad SMARTS) is 1. The van der Waals surface area contributed by atoms with E-state index in [1.54, 1.807) is 24.1 Å². The lowest BCUT2D eigenvalue weighted by Crippen LogP contribution is -2.47. The van der Waals surface area contributed by atoms with Gasteiger partial charge >= 0.3 is 6.09 Å². The maximum absolute atomic E-state index is 11.8. The van der Waals surface area contributed by atoms with Gasteiger partial charge in [-0.2, -0.15) is 0 Å². The number of nitrogens with one attached hydrogen (secondary N) is 1. The Hall–Kier alpha value is -2.62. The van der Waals surface area contributed by atoms with Gasteiger partial charge in [0, 0.05) is 30.7 Å². The van der Waals surface area contributed by atoms with E-state index >= 15 is 0 Å². The summed E-state index contributed by atoms with van der Waals surface area (Å²) in [6.45, 7) is 7.34. The number of rotatable bonds is 8. The third-order valence-electron chi connectivity index (χ3n) is 6.41. The molecule has 0 radical (unpaired) electrons. The van der Waals surface area contributed by atoms with Gasteiger partial charge in [0.1, 0.15) is 5.75 Å². The van der Waals surface area contributed by atoms with Crippen LogP contribution in [0.15, 0.2) is 47.4 Å². The second-order valence-electron chi connectivity index (χ2n) is 10.5. The van der Waals surface area contributed by atoms with Gasteiger partial charge in [-0.05, 0) is 66.5 Å². The second-order valence-corrected chi connectivity index (χ2v) is 12.0. The minimum Gasteiger partial charge on any atom is -0.496 e. The van der Waals surface area contributed by atoms with Crippen molar-refractivity contribution in [1.82, 2.24) is 10.2 Å². The quantitative estimate of drug-likeness (QED) is 0.490. The zero-order valence-corrected chi connectivity index (χ0v) is 21.8. The summed E-state index contributed by atoms with van der Waals surface area (Å²) in [5.74, 6) is 0.776. The van der Waals surface area contributed by atoms with Crippen molar-refractivity contribution < 1.29 is 23.1 Å². The minimum absolute atomic E-state index is 0.0583. The third-order valence-corrected chi connectivity index (χ3v) is 7.33. The SMILES string of the molecule is COc1ccc(-c2ccc(S(N)(=O)=O)cc2)cc1CNC1CCC(N(CC(C)(C)C)C(=O)O)CC1. The van der Waals surface area contributed by atoms with E-state index in [9.17, 15) is 18.3 Å². The zero-order valence-electron chi connectivity index (χ0n) is 21.0. The molecule has 2 aromatic rings. The monoisotopic (exact) mass is 503 g/mol. The summed E-state index contributed by atoms with van der Waals surface area (Å²) >= 11 is 0. The van der Waals surface area contributed by atoms with Crippen LogP contribution in [0.5, 0.6) is 5.75 Å². The lowest BCUT2D eigenvalue weighted by molar-refractivity contribution is 0.0847. The second kappa shape index (κ2) is 11.0. The molecule has 0 aromatic heterocycles. The van der Waals surface area contributed by atoms with Crippen molar-refractivity contribution in [3.05, 3.63) is 48.0 Å². The van der Waals surface area contributed by atoms with Gasteiger partial charge in [-0.15, -0.1) is 0 Å². The summed E-state index contributed by atoms with van der Waals surface area (Å²) in [6.07, 6.45) is 2.67. The van der Waals surface area contributed by atoms with Crippen LogP contribution in [0.1, 0.15) is 52.0 Å². The van der Waals surface area contributed by atoms with E-state index in [-0.39, 0.29) is 16.4 Å². The van der Waals surface area contributed by atoms with E-state index in [0.717, 1.165) is 48.1 Å². The molecule has 0 bridgehead atoms. The minimum atomic E-state index is -3.73. The number of methoxy groups -OCH3 is 1. The molecule has 0 heterocycles. The molecule has 0 saturated heterocycles. The predicted octanol–water partition coefficient (Wildman–Crippen LogP) is 4.44. The van der Waals surface area contributed by atoms with E-state index in [1.165, 1.54) is 12.1 Å². The highest BCUT2D eigenvalue weighted by Gasteiger charge is 2.31. The summed E-state index contributed by atoms with van der Waals surface area (Å²) in [7, 11) is -2.09. The molecule has 192 valence electrons. The molecule has 1 saturated carbocycles. The first kappa shape index (κ1) is 27.0. The normalized spacial score (nSPS) is 18.8. The van der Waals surface area contributed by atoms with E-state index in [2.05, 4.69) is 26.1 Å². The van der Waals surface area contributed by atoms with Crippen LogP contribution in [0, 0.1) is 5.41 Å². The molecule has 0 aliphatic heterocycles. The van der Waals surface area contributed by atoms with E-state index < -0.39 is 16.1 Å². The van der Waals surface area contributed by atoms with Crippen LogP contribution in [0.3, 0.4) is 0 Å². The molecular weight excluding hydrogens is 466 g/mol. The molecule has 0 atom stereocenters. The average Bonchev–Trinajstić information content (AvgIpc) is 2.80. The Balaban J connectivity index is 1.64. The number of hydrogen-bond donors (Lipinski definition) is 3. The fourth-order valence-electron chi connectivity index (χ4n) is 4.64. The summed E-state index contributed by atoms with van der Waals surface area (Å²) in [5.41, 5.74) is 2.76. The third kappa shape index (κ3) is 7.43. The Kier molecular flexibility index (Phi) is 8.46. The van der Waals surface area contributed by atoms with E-state index in [0.29, 0.717) is 19.1 Å². The number of hydrogen-bond acceptors (Lipinski definition) is 5. The van der Waals surface area contributed by atoms with Gasteiger partial charge in [-0.1, -0.05) is 39.0 Å². The van der Waals surface area contributed by atoms with E-state index in [4.69, 9.17) is 9.88 Å². The van der Waals surface area contributed by atoms with Crippen molar-refractivity contribution in [2.75, 3.05) is 13.7 Å². The molecule has 35 heavy (non-hydrogen) atoms. The van der Waals surface area contributed by atoms with Crippen molar-refractivity contribution in [2.45, 2.75) is 70.0 Å². The van der Waals surface area contributed by atoms with Crippen LogP contribution >= 0.6 is 0 Å². The number of benzene rings is 2. The number of nitrogens with two attached hydrogens (primary N) is 1. The lowest BCUT2D eigenvalue weighted by atomic mass is 9.88. The van der Waals surface area contributed by atoms with Crippen molar-refractivity contribution in [1.29, 1.82) is 0 Å². The largest absolute Gasteiger partial charge is 0.496 e. The maximum Gasteiger partial charge on any atom is 0.407 e. The fourth-order valence-corrected chi connectivity index (χ4v) is 5.16. The molecule has 8 nitrogen and oxygen atoms in total. The molecule has 3 rings (SSSR count). The maximum atomic E-state index is 11.8. The van der Waals surface area contributed by atoms with Gasteiger partial charge in [0.05, 0.1) is 12.0 Å². The van der Waals surface area contributed by atoms with Crippen LogP contribution in [-0.4, -0.2) is 50.3 Å². The number of ether oxygens (including phenoxy) is 1. The van der Waals surface area contributed by atoms with Gasteiger partial charge in [-0.3, -0.25) is 0 Å². The first-order valence-electron chi connectivity index (χ1n) is 11.9. The number of carbonyl (C=O) groups is 1. The highest BCUT2D eigenvalue weighted by atomic mass is 32.2. The van der Waals surface area contributed by atoms with Crippen LogP contribution in [0.25, 0.3) is 11.1 Å². The van der Waals surface area contributed by atoms with Crippen LogP contribution in [0.4, 0.5) is 4.79 Å². The average molecular weight is 504 g/mol. The first-order chi connectivity index (χ1) is 16.4. The van der Waals surface area contributed by atoms with E-state index in [1.807, 2.05) is 18.2 Å². The Morgan fingerprint density at radius 2 is 1.69 bits per heavy atom.